The van der Waals surface area contributed by atoms with Gasteiger partial charge in [0.2, 0.25) is 0 Å². The number of fused-ring (bicyclic) bond motifs is 1. The number of aryl methyl sites for hydroxylation is 1. The molecule has 1 atom stereocenters. The number of H-pyrrole nitrogens is 1. The number of benzene rings is 2. The van der Waals surface area contributed by atoms with Crippen molar-refractivity contribution in [2.24, 2.45) is 0 Å². The largest absolute Gasteiger partial charge is 0.497 e. The SMILES string of the molecule is COc1ccc(-c2nnc(S[C@@H](C)C(=O)c3c(C)[nH]c4ccccc34)o2)c(OC)c1. The molecule has 8 heteroatoms. The van der Waals surface area contributed by atoms with Crippen LogP contribution < -0.4 is 9.47 Å². The van der Waals surface area contributed by atoms with E-state index in [4.69, 9.17) is 13.9 Å². The van der Waals surface area contributed by atoms with E-state index in [1.54, 1.807) is 32.4 Å². The van der Waals surface area contributed by atoms with Gasteiger partial charge in [-0.2, -0.15) is 0 Å². The van der Waals surface area contributed by atoms with Gasteiger partial charge in [-0.25, -0.2) is 0 Å². The number of thioether (sulfide) groups is 1. The lowest BCUT2D eigenvalue weighted by atomic mass is 10.1. The second-order valence-corrected chi connectivity index (χ2v) is 8.03. The Balaban J connectivity index is 1.56. The number of carbonyl (C=O) groups is 1. The molecule has 4 rings (SSSR count). The Morgan fingerprint density at radius 1 is 1.13 bits per heavy atom. The number of nitrogens with one attached hydrogen (secondary N) is 1. The third kappa shape index (κ3) is 3.66. The molecular weight excluding hydrogens is 402 g/mol. The number of hydrogen-bond acceptors (Lipinski definition) is 7. The lowest BCUT2D eigenvalue weighted by molar-refractivity contribution is 0.0994. The van der Waals surface area contributed by atoms with Crippen LogP contribution >= 0.6 is 11.8 Å². The topological polar surface area (TPSA) is 90.2 Å². The second-order valence-electron chi connectivity index (χ2n) is 6.73. The summed E-state index contributed by atoms with van der Waals surface area (Å²) in [6.07, 6.45) is 0. The van der Waals surface area contributed by atoms with Crippen molar-refractivity contribution in [2.45, 2.75) is 24.3 Å². The number of ether oxygens (including phenoxy) is 2. The zero-order valence-electron chi connectivity index (χ0n) is 17.1. The average molecular weight is 423 g/mol. The Morgan fingerprint density at radius 3 is 2.70 bits per heavy atom. The predicted molar refractivity (Wildman–Crippen MR) is 116 cm³/mol. The third-order valence-electron chi connectivity index (χ3n) is 4.83. The molecule has 0 saturated heterocycles. The summed E-state index contributed by atoms with van der Waals surface area (Å²) in [5.74, 6) is 1.56. The zero-order chi connectivity index (χ0) is 21.3. The van der Waals surface area contributed by atoms with Crippen molar-refractivity contribution < 1.29 is 18.7 Å². The summed E-state index contributed by atoms with van der Waals surface area (Å²) in [5, 5.41) is 9.06. The Hall–Kier alpha value is -3.26. The molecule has 0 unspecified atom stereocenters. The highest BCUT2D eigenvalue weighted by Gasteiger charge is 2.24. The molecule has 30 heavy (non-hydrogen) atoms. The van der Waals surface area contributed by atoms with Crippen LogP contribution in [0.2, 0.25) is 0 Å². The molecule has 2 aromatic heterocycles. The van der Waals surface area contributed by atoms with Crippen LogP contribution in [0.5, 0.6) is 11.5 Å². The number of aromatic amines is 1. The standard InChI is InChI=1S/C22H21N3O4S/c1-12-19(15-7-5-6-8-17(15)23-12)20(26)13(2)30-22-25-24-21(29-22)16-10-9-14(27-3)11-18(16)28-4/h5-11,13,23H,1-4H3/t13-/m0/s1. The quantitative estimate of drug-likeness (QED) is 0.334. The first kappa shape index (κ1) is 20.0. The molecule has 0 bridgehead atoms. The summed E-state index contributed by atoms with van der Waals surface area (Å²) >= 11 is 1.23. The Morgan fingerprint density at radius 2 is 1.93 bits per heavy atom. The lowest BCUT2D eigenvalue weighted by Crippen LogP contribution is -2.14. The van der Waals surface area contributed by atoms with Crippen molar-refractivity contribution in [2.75, 3.05) is 14.2 Å². The van der Waals surface area contributed by atoms with E-state index in [9.17, 15) is 4.79 Å². The normalized spacial score (nSPS) is 12.1. The highest BCUT2D eigenvalue weighted by Crippen LogP contribution is 2.35. The number of hydrogen-bond donors (Lipinski definition) is 1. The Kier molecular flexibility index (Phi) is 5.50. The minimum absolute atomic E-state index is 0.0109. The van der Waals surface area contributed by atoms with Gasteiger partial charge in [-0.05, 0) is 32.0 Å². The van der Waals surface area contributed by atoms with E-state index in [0.29, 0.717) is 33.7 Å². The summed E-state index contributed by atoms with van der Waals surface area (Å²) in [6, 6.07) is 13.1. The molecule has 2 heterocycles. The minimum Gasteiger partial charge on any atom is -0.497 e. The summed E-state index contributed by atoms with van der Waals surface area (Å²) < 4.78 is 16.4. The van der Waals surface area contributed by atoms with Gasteiger partial charge in [0.15, 0.2) is 5.78 Å². The van der Waals surface area contributed by atoms with Crippen LogP contribution in [0, 0.1) is 6.92 Å². The number of methoxy groups -OCH3 is 2. The van der Waals surface area contributed by atoms with Gasteiger partial charge in [-0.3, -0.25) is 4.79 Å². The van der Waals surface area contributed by atoms with Crippen LogP contribution in [0.25, 0.3) is 22.4 Å². The Bertz CT molecular complexity index is 1210. The van der Waals surface area contributed by atoms with Crippen LogP contribution in [0.15, 0.2) is 52.1 Å². The fourth-order valence-corrected chi connectivity index (χ4v) is 4.09. The smallest absolute Gasteiger partial charge is 0.277 e. The number of rotatable bonds is 7. The minimum atomic E-state index is -0.394. The molecule has 1 N–H and O–H groups in total. The van der Waals surface area contributed by atoms with E-state index < -0.39 is 5.25 Å². The van der Waals surface area contributed by atoms with Crippen molar-refractivity contribution in [1.29, 1.82) is 0 Å². The van der Waals surface area contributed by atoms with Crippen LogP contribution in [-0.4, -0.2) is 40.4 Å². The first-order valence-corrected chi connectivity index (χ1v) is 10.2. The molecule has 154 valence electrons. The molecule has 0 aliphatic heterocycles. The summed E-state index contributed by atoms with van der Waals surface area (Å²) in [5.41, 5.74) is 3.15. The zero-order valence-corrected chi connectivity index (χ0v) is 17.9. The fourth-order valence-electron chi connectivity index (χ4n) is 3.34. The van der Waals surface area contributed by atoms with Gasteiger partial charge in [-0.15, -0.1) is 10.2 Å². The maximum absolute atomic E-state index is 13.1. The summed E-state index contributed by atoms with van der Waals surface area (Å²) in [7, 11) is 3.15. The molecular formula is C22H21N3O4S. The van der Waals surface area contributed by atoms with Crippen LogP contribution in [0.4, 0.5) is 0 Å². The van der Waals surface area contributed by atoms with Gasteiger partial charge in [0.05, 0.1) is 25.0 Å². The van der Waals surface area contributed by atoms with E-state index in [2.05, 4.69) is 15.2 Å². The number of aromatic nitrogens is 3. The van der Waals surface area contributed by atoms with Crippen molar-refractivity contribution in [1.82, 2.24) is 15.2 Å². The molecule has 0 fully saturated rings. The number of nitrogens with zero attached hydrogens (tertiary/aromatic N) is 2. The number of carbonyl (C=O) groups excluding carboxylic acids is 1. The first-order chi connectivity index (χ1) is 14.5. The van der Waals surface area contributed by atoms with E-state index in [0.717, 1.165) is 16.6 Å². The van der Waals surface area contributed by atoms with Crippen LogP contribution in [-0.2, 0) is 0 Å². The number of para-hydroxylation sites is 1. The molecule has 0 amide bonds. The van der Waals surface area contributed by atoms with Gasteiger partial charge in [0.25, 0.3) is 11.1 Å². The molecule has 0 aliphatic carbocycles. The molecule has 0 aliphatic rings. The molecule has 0 saturated carbocycles. The van der Waals surface area contributed by atoms with Crippen LogP contribution in [0.3, 0.4) is 0 Å². The summed E-state index contributed by atoms with van der Waals surface area (Å²) in [6.45, 7) is 3.75. The molecule has 4 aromatic rings. The molecule has 2 aromatic carbocycles. The van der Waals surface area contributed by atoms with Crippen molar-refractivity contribution in [3.8, 4) is 23.0 Å². The fraction of sp³-hybridized carbons (Fsp3) is 0.227. The third-order valence-corrected chi connectivity index (χ3v) is 5.77. The van der Waals surface area contributed by atoms with E-state index in [1.165, 1.54) is 11.8 Å². The van der Waals surface area contributed by atoms with Gasteiger partial charge in [-0.1, -0.05) is 30.0 Å². The van der Waals surface area contributed by atoms with Gasteiger partial charge >= 0.3 is 0 Å². The van der Waals surface area contributed by atoms with Gasteiger partial charge in [0, 0.05) is 28.2 Å². The monoisotopic (exact) mass is 423 g/mol. The van der Waals surface area contributed by atoms with E-state index in [-0.39, 0.29) is 5.78 Å². The average Bonchev–Trinajstić information content (AvgIpc) is 3.35. The highest BCUT2D eigenvalue weighted by molar-refractivity contribution is 8.00. The second kappa shape index (κ2) is 8.23. The van der Waals surface area contributed by atoms with E-state index in [1.807, 2.05) is 38.1 Å². The first-order valence-electron chi connectivity index (χ1n) is 9.36. The molecule has 0 spiro atoms. The molecule has 7 nitrogen and oxygen atoms in total. The number of ketones is 1. The van der Waals surface area contributed by atoms with Crippen LogP contribution in [0.1, 0.15) is 23.0 Å². The maximum Gasteiger partial charge on any atom is 0.277 e. The summed E-state index contributed by atoms with van der Waals surface area (Å²) in [4.78, 5) is 16.4. The molecule has 0 radical (unpaired) electrons. The highest BCUT2D eigenvalue weighted by atomic mass is 32.2. The maximum atomic E-state index is 13.1. The lowest BCUT2D eigenvalue weighted by Gasteiger charge is -2.08. The van der Waals surface area contributed by atoms with Gasteiger partial charge in [0.1, 0.15) is 11.5 Å². The Labute approximate surface area is 177 Å². The van der Waals surface area contributed by atoms with Crippen molar-refractivity contribution >= 4 is 28.4 Å². The number of Topliss-reactive ketones (excluding diaryl/α,β-unsaturated/α-hetero) is 1. The van der Waals surface area contributed by atoms with Crippen molar-refractivity contribution in [3.63, 3.8) is 0 Å². The van der Waals surface area contributed by atoms with E-state index >= 15 is 0 Å². The predicted octanol–water partition coefficient (Wildman–Crippen LogP) is 4.91. The van der Waals surface area contributed by atoms with Crippen molar-refractivity contribution in [3.05, 3.63) is 53.7 Å². The van der Waals surface area contributed by atoms with Gasteiger partial charge < -0.3 is 18.9 Å².